The first-order chi connectivity index (χ1) is 12.5. The van der Waals surface area contributed by atoms with Crippen LogP contribution >= 0.6 is 11.3 Å². The number of hydrogen-bond donors (Lipinski definition) is 2. The van der Waals surface area contributed by atoms with Gasteiger partial charge in [-0.25, -0.2) is 9.78 Å². The first kappa shape index (κ1) is 18.4. The number of aromatic nitrogens is 3. The lowest BCUT2D eigenvalue weighted by Crippen LogP contribution is -2.40. The summed E-state index contributed by atoms with van der Waals surface area (Å²) in [6, 6.07) is 1.74. The molecule has 8 nitrogen and oxygen atoms in total. The number of nitrogens with zero attached hydrogens (tertiary/aromatic N) is 4. The molecule has 3 amide bonds. The van der Waals surface area contributed by atoms with Gasteiger partial charge in [0.25, 0.3) is 0 Å². The van der Waals surface area contributed by atoms with Crippen LogP contribution in [0.3, 0.4) is 0 Å². The number of nitrogens with one attached hydrogen (secondary N) is 2. The molecule has 0 atom stereocenters. The van der Waals surface area contributed by atoms with Gasteiger partial charge in [-0.05, 0) is 6.07 Å². The van der Waals surface area contributed by atoms with Crippen LogP contribution in [0.1, 0.15) is 30.2 Å². The molecule has 2 aromatic heterocycles. The third-order valence-electron chi connectivity index (χ3n) is 4.19. The van der Waals surface area contributed by atoms with Gasteiger partial charge in [-0.15, -0.1) is 11.3 Å². The maximum absolute atomic E-state index is 12.1. The van der Waals surface area contributed by atoms with Crippen molar-refractivity contribution in [2.24, 2.45) is 5.92 Å². The molecule has 0 aliphatic carbocycles. The Balaban J connectivity index is 1.45. The van der Waals surface area contributed by atoms with Crippen molar-refractivity contribution in [3.05, 3.63) is 34.0 Å². The highest BCUT2D eigenvalue weighted by molar-refractivity contribution is 7.09. The molecule has 0 spiro atoms. The molecule has 3 rings (SSSR count). The maximum atomic E-state index is 12.1. The smallest absolute Gasteiger partial charge is 0.315 e. The second-order valence-electron chi connectivity index (χ2n) is 6.55. The zero-order chi connectivity index (χ0) is 18.5. The minimum absolute atomic E-state index is 0.00122. The number of carbonyl (C=O) groups excluding carboxylic acids is 2. The van der Waals surface area contributed by atoms with Gasteiger partial charge in [0.1, 0.15) is 0 Å². The van der Waals surface area contributed by atoms with E-state index in [4.69, 9.17) is 0 Å². The van der Waals surface area contributed by atoms with E-state index in [-0.39, 0.29) is 17.9 Å². The summed E-state index contributed by atoms with van der Waals surface area (Å²) in [6.45, 7) is 6.67. The predicted octanol–water partition coefficient (Wildman–Crippen LogP) is 1.38. The molecule has 2 N–H and O–H groups in total. The Labute approximate surface area is 156 Å². The number of thiazole rings is 1. The van der Waals surface area contributed by atoms with E-state index in [1.165, 1.54) is 0 Å². The zero-order valence-corrected chi connectivity index (χ0v) is 15.9. The van der Waals surface area contributed by atoms with Gasteiger partial charge in [0.15, 0.2) is 0 Å². The van der Waals surface area contributed by atoms with E-state index in [0.29, 0.717) is 32.7 Å². The van der Waals surface area contributed by atoms with Crippen LogP contribution in [0.4, 0.5) is 4.79 Å². The summed E-state index contributed by atoms with van der Waals surface area (Å²) in [5.74, 6) is 0.162. The Bertz CT molecular complexity index is 755. The molecule has 0 aromatic carbocycles. The van der Waals surface area contributed by atoms with Gasteiger partial charge in [-0.2, -0.15) is 5.10 Å². The zero-order valence-electron chi connectivity index (χ0n) is 15.1. The number of carbonyl (C=O) groups is 2. The summed E-state index contributed by atoms with van der Waals surface area (Å²) in [5.41, 5.74) is 1.81. The van der Waals surface area contributed by atoms with E-state index in [9.17, 15) is 9.59 Å². The average Bonchev–Trinajstić information content (AvgIpc) is 3.27. The molecular weight excluding hydrogens is 352 g/mol. The Hall–Kier alpha value is -2.42. The third kappa shape index (κ3) is 4.60. The van der Waals surface area contributed by atoms with Crippen molar-refractivity contribution in [3.8, 4) is 0 Å². The van der Waals surface area contributed by atoms with E-state index in [0.717, 1.165) is 22.8 Å². The van der Waals surface area contributed by atoms with E-state index in [2.05, 4.69) is 20.7 Å². The summed E-state index contributed by atoms with van der Waals surface area (Å²) >= 11 is 1.58. The van der Waals surface area contributed by atoms with Crippen molar-refractivity contribution in [1.82, 2.24) is 30.3 Å². The van der Waals surface area contributed by atoms with Crippen LogP contribution in [0.2, 0.25) is 0 Å². The number of amides is 3. The molecule has 140 valence electrons. The highest BCUT2D eigenvalue weighted by Gasteiger charge is 2.23. The maximum Gasteiger partial charge on any atom is 0.315 e. The number of urea groups is 1. The second kappa shape index (κ2) is 8.31. The van der Waals surface area contributed by atoms with E-state index in [1.54, 1.807) is 17.5 Å². The first-order valence-corrected chi connectivity index (χ1v) is 9.65. The standard InChI is InChI=1S/C17H24N6O2S/c1-12(2)16(24)22-6-7-23-14(11-22)9-13(21-23)10-20-17(25)19-4-3-15-18-5-8-26-15/h5,8-9,12H,3-4,6-7,10-11H2,1-2H3,(H2,19,20,25). The molecule has 0 bridgehead atoms. The average molecular weight is 376 g/mol. The lowest BCUT2D eigenvalue weighted by molar-refractivity contribution is -0.136. The molecule has 0 fully saturated rings. The molecule has 0 saturated carbocycles. The van der Waals surface area contributed by atoms with Crippen molar-refractivity contribution in [3.63, 3.8) is 0 Å². The third-order valence-corrected chi connectivity index (χ3v) is 5.03. The molecule has 0 radical (unpaired) electrons. The van der Waals surface area contributed by atoms with Crippen molar-refractivity contribution < 1.29 is 9.59 Å². The lowest BCUT2D eigenvalue weighted by Gasteiger charge is -2.29. The Morgan fingerprint density at radius 3 is 2.88 bits per heavy atom. The fraction of sp³-hybridized carbons (Fsp3) is 0.529. The molecule has 0 saturated heterocycles. The predicted molar refractivity (Wildman–Crippen MR) is 98.5 cm³/mol. The molecular formula is C17H24N6O2S. The van der Waals surface area contributed by atoms with Crippen LogP contribution in [0.5, 0.6) is 0 Å². The van der Waals surface area contributed by atoms with Crippen LogP contribution in [-0.4, -0.2) is 44.7 Å². The van der Waals surface area contributed by atoms with Gasteiger partial charge >= 0.3 is 6.03 Å². The number of fused-ring (bicyclic) bond motifs is 1. The Morgan fingerprint density at radius 1 is 1.31 bits per heavy atom. The highest BCUT2D eigenvalue weighted by Crippen LogP contribution is 2.16. The van der Waals surface area contributed by atoms with Gasteiger partial charge in [-0.3, -0.25) is 9.48 Å². The van der Waals surface area contributed by atoms with Gasteiger partial charge in [0.05, 0.1) is 36.0 Å². The molecule has 1 aliphatic heterocycles. The summed E-state index contributed by atoms with van der Waals surface area (Å²) in [7, 11) is 0. The minimum atomic E-state index is -0.218. The van der Waals surface area contributed by atoms with E-state index in [1.807, 2.05) is 34.9 Å². The topological polar surface area (TPSA) is 92.2 Å². The van der Waals surface area contributed by atoms with Gasteiger partial charge in [-0.1, -0.05) is 13.8 Å². The van der Waals surface area contributed by atoms with Crippen LogP contribution in [0.25, 0.3) is 0 Å². The summed E-state index contributed by atoms with van der Waals surface area (Å²) < 4.78 is 1.92. The van der Waals surface area contributed by atoms with Crippen LogP contribution in [0.15, 0.2) is 17.6 Å². The van der Waals surface area contributed by atoms with Gasteiger partial charge in [0, 0.05) is 37.0 Å². The van der Waals surface area contributed by atoms with E-state index >= 15 is 0 Å². The van der Waals surface area contributed by atoms with Crippen LogP contribution in [-0.2, 0) is 30.8 Å². The van der Waals surface area contributed by atoms with Gasteiger partial charge in [0.2, 0.25) is 5.91 Å². The fourth-order valence-electron chi connectivity index (χ4n) is 2.86. The van der Waals surface area contributed by atoms with Gasteiger partial charge < -0.3 is 15.5 Å². The first-order valence-electron chi connectivity index (χ1n) is 8.77. The Morgan fingerprint density at radius 2 is 2.15 bits per heavy atom. The summed E-state index contributed by atoms with van der Waals surface area (Å²) in [5, 5.41) is 13.1. The molecule has 0 unspecified atom stereocenters. The Kier molecular flexibility index (Phi) is 5.87. The van der Waals surface area contributed by atoms with Crippen LogP contribution in [0, 0.1) is 5.92 Å². The molecule has 26 heavy (non-hydrogen) atoms. The number of rotatable bonds is 6. The normalized spacial score (nSPS) is 13.6. The summed E-state index contributed by atoms with van der Waals surface area (Å²) in [6.07, 6.45) is 2.49. The van der Waals surface area contributed by atoms with E-state index < -0.39 is 0 Å². The highest BCUT2D eigenvalue weighted by atomic mass is 32.1. The molecule has 3 heterocycles. The lowest BCUT2D eigenvalue weighted by atomic mass is 10.1. The van der Waals surface area contributed by atoms with Crippen molar-refractivity contribution in [1.29, 1.82) is 0 Å². The number of hydrogen-bond acceptors (Lipinski definition) is 5. The fourth-order valence-corrected chi connectivity index (χ4v) is 3.48. The largest absolute Gasteiger partial charge is 0.338 e. The van der Waals surface area contributed by atoms with Crippen molar-refractivity contribution in [2.45, 2.75) is 39.9 Å². The molecule has 9 heteroatoms. The molecule has 2 aromatic rings. The molecule has 1 aliphatic rings. The van der Waals surface area contributed by atoms with Crippen molar-refractivity contribution in [2.75, 3.05) is 13.1 Å². The quantitative estimate of drug-likeness (QED) is 0.797. The second-order valence-corrected chi connectivity index (χ2v) is 7.53. The van der Waals surface area contributed by atoms with Crippen molar-refractivity contribution >= 4 is 23.3 Å². The SMILES string of the molecule is CC(C)C(=O)N1CCn2nc(CNC(=O)NCCc3nccs3)cc2C1. The minimum Gasteiger partial charge on any atom is -0.338 e. The summed E-state index contributed by atoms with van der Waals surface area (Å²) in [4.78, 5) is 30.1. The van der Waals surface area contributed by atoms with Crippen LogP contribution < -0.4 is 10.6 Å². The monoisotopic (exact) mass is 376 g/mol.